The zero-order valence-corrected chi connectivity index (χ0v) is 24.5. The topological polar surface area (TPSA) is 43.5 Å². The molecular formula is C31H42O4Si2. The normalized spacial score (nSPS) is 18.6. The Morgan fingerprint density at radius 3 is 1.46 bits per heavy atom. The van der Waals surface area contributed by atoms with Crippen LogP contribution in [0.3, 0.4) is 0 Å². The van der Waals surface area contributed by atoms with Crippen molar-refractivity contribution in [3.63, 3.8) is 0 Å². The number of hydrogen-bond acceptors (Lipinski definition) is 4. The van der Waals surface area contributed by atoms with Crippen molar-refractivity contribution >= 4 is 33.2 Å². The third-order valence-electron chi connectivity index (χ3n) is 6.89. The van der Waals surface area contributed by atoms with E-state index in [2.05, 4.69) is 97.5 Å². The standard InChI is InChI=1S/C18H22O2Si.C13H20O2Si/c1-3-8-17(9-4-1)21(18-10-5-2-6-11-18)13-7-12-19-14-16-15-20-16;1-16(13-6-3-2-4-7-13)9-5-8-14-10-12-11-15-12/h1-6,8-11,16,21H,7,12-15H2;2-4,6-7,12,16H,5,8-11H2,1H3. The maximum absolute atomic E-state index is 5.68. The zero-order chi connectivity index (χ0) is 25.5. The Bertz CT molecular complexity index is 942. The highest BCUT2D eigenvalue weighted by atomic mass is 28.3. The summed E-state index contributed by atoms with van der Waals surface area (Å²) >= 11 is 0. The van der Waals surface area contributed by atoms with Gasteiger partial charge in [0.05, 0.1) is 35.2 Å². The first-order chi connectivity index (χ1) is 18.3. The molecule has 0 spiro atoms. The van der Waals surface area contributed by atoms with Gasteiger partial charge in [0.1, 0.15) is 21.0 Å². The SMILES string of the molecule is C[SiH](CCCOCC1CO1)c1ccccc1.c1ccc([SiH](CCCOCC2CO2)c2ccccc2)cc1. The van der Waals surface area contributed by atoms with Crippen molar-refractivity contribution in [2.45, 2.75) is 43.7 Å². The monoisotopic (exact) mass is 534 g/mol. The summed E-state index contributed by atoms with van der Waals surface area (Å²) in [5.74, 6) is 0. The van der Waals surface area contributed by atoms with Gasteiger partial charge in [0.2, 0.25) is 0 Å². The van der Waals surface area contributed by atoms with E-state index in [1.807, 2.05) is 0 Å². The Balaban J connectivity index is 0.000000180. The predicted octanol–water partition coefficient (Wildman–Crippen LogP) is 3.39. The van der Waals surface area contributed by atoms with E-state index in [4.69, 9.17) is 18.9 Å². The molecule has 3 aromatic carbocycles. The van der Waals surface area contributed by atoms with Gasteiger partial charge in [0, 0.05) is 13.2 Å². The van der Waals surface area contributed by atoms with E-state index in [9.17, 15) is 0 Å². The minimum absolute atomic E-state index is 0.376. The van der Waals surface area contributed by atoms with Crippen LogP contribution in [0.15, 0.2) is 91.0 Å². The Morgan fingerprint density at radius 2 is 1.03 bits per heavy atom. The lowest BCUT2D eigenvalue weighted by Gasteiger charge is -2.16. The molecule has 0 N–H and O–H groups in total. The van der Waals surface area contributed by atoms with Crippen LogP contribution in [0.5, 0.6) is 0 Å². The van der Waals surface area contributed by atoms with Crippen LogP contribution >= 0.6 is 0 Å². The summed E-state index contributed by atoms with van der Waals surface area (Å²) in [4.78, 5) is 0. The van der Waals surface area contributed by atoms with Crippen molar-refractivity contribution in [2.75, 3.05) is 39.6 Å². The van der Waals surface area contributed by atoms with Gasteiger partial charge in [0.15, 0.2) is 0 Å². The molecule has 0 aromatic heterocycles. The summed E-state index contributed by atoms with van der Waals surface area (Å²) in [5.41, 5.74) is 0. The van der Waals surface area contributed by atoms with Gasteiger partial charge in [-0.3, -0.25) is 0 Å². The molecule has 3 unspecified atom stereocenters. The fraction of sp³-hybridized carbons (Fsp3) is 0.419. The highest BCUT2D eigenvalue weighted by molar-refractivity contribution is 6.85. The molecule has 37 heavy (non-hydrogen) atoms. The lowest BCUT2D eigenvalue weighted by atomic mass is 10.4. The molecule has 4 nitrogen and oxygen atoms in total. The fourth-order valence-corrected chi connectivity index (χ4v) is 9.48. The minimum atomic E-state index is -1.11. The summed E-state index contributed by atoms with van der Waals surface area (Å²) in [6.07, 6.45) is 3.10. The molecule has 2 fully saturated rings. The number of ether oxygens (including phenoxy) is 4. The molecule has 2 heterocycles. The molecule has 0 radical (unpaired) electrons. The summed E-state index contributed by atoms with van der Waals surface area (Å²) in [5, 5.41) is 4.61. The number of hydrogen-bond donors (Lipinski definition) is 0. The first-order valence-corrected chi connectivity index (χ1v) is 18.3. The van der Waals surface area contributed by atoms with Crippen LogP contribution in [-0.2, 0) is 18.9 Å². The second-order valence-electron chi connectivity index (χ2n) is 10.0. The van der Waals surface area contributed by atoms with Gasteiger partial charge < -0.3 is 18.9 Å². The molecule has 2 saturated heterocycles. The maximum Gasteiger partial charge on any atom is 0.104 e. The molecule has 5 rings (SSSR count). The maximum atomic E-state index is 5.68. The predicted molar refractivity (Wildman–Crippen MR) is 158 cm³/mol. The third-order valence-corrected chi connectivity index (χ3v) is 13.1. The number of benzene rings is 3. The van der Waals surface area contributed by atoms with Gasteiger partial charge in [-0.1, -0.05) is 119 Å². The first kappa shape index (κ1) is 28.0. The van der Waals surface area contributed by atoms with E-state index in [0.29, 0.717) is 12.2 Å². The molecule has 2 aliphatic heterocycles. The summed E-state index contributed by atoms with van der Waals surface area (Å²) in [6, 6.07) is 35.4. The highest BCUT2D eigenvalue weighted by Crippen LogP contribution is 2.10. The molecule has 198 valence electrons. The first-order valence-electron chi connectivity index (χ1n) is 13.8. The van der Waals surface area contributed by atoms with Crippen molar-refractivity contribution in [3.8, 4) is 0 Å². The van der Waals surface area contributed by atoms with E-state index in [1.165, 1.54) is 28.9 Å². The molecular weight excluding hydrogens is 493 g/mol. The van der Waals surface area contributed by atoms with Crippen molar-refractivity contribution in [1.29, 1.82) is 0 Å². The van der Waals surface area contributed by atoms with Crippen molar-refractivity contribution in [1.82, 2.24) is 0 Å². The second-order valence-corrected chi connectivity index (χ2v) is 16.1. The van der Waals surface area contributed by atoms with Crippen LogP contribution in [-0.4, -0.2) is 69.4 Å². The van der Waals surface area contributed by atoms with Crippen LogP contribution in [0.2, 0.25) is 18.6 Å². The third kappa shape index (κ3) is 11.1. The quantitative estimate of drug-likeness (QED) is 0.170. The average Bonchev–Trinajstić information content (AvgIpc) is 3.89. The molecule has 3 aromatic rings. The summed E-state index contributed by atoms with van der Waals surface area (Å²) in [6.45, 7) is 7.50. The van der Waals surface area contributed by atoms with Crippen LogP contribution in [0.25, 0.3) is 0 Å². The van der Waals surface area contributed by atoms with Gasteiger partial charge in [-0.2, -0.15) is 0 Å². The summed E-state index contributed by atoms with van der Waals surface area (Å²) < 4.78 is 21.5. The van der Waals surface area contributed by atoms with Crippen LogP contribution in [0.1, 0.15) is 12.8 Å². The van der Waals surface area contributed by atoms with Crippen LogP contribution in [0, 0.1) is 0 Å². The number of rotatable bonds is 15. The van der Waals surface area contributed by atoms with E-state index >= 15 is 0 Å². The molecule has 0 bridgehead atoms. The van der Waals surface area contributed by atoms with E-state index in [-0.39, 0.29) is 0 Å². The van der Waals surface area contributed by atoms with Crippen molar-refractivity contribution in [2.24, 2.45) is 0 Å². The molecule has 0 aliphatic carbocycles. The van der Waals surface area contributed by atoms with E-state index in [1.54, 1.807) is 5.19 Å². The molecule has 2 aliphatic rings. The van der Waals surface area contributed by atoms with Crippen molar-refractivity contribution in [3.05, 3.63) is 91.0 Å². The largest absolute Gasteiger partial charge is 0.379 e. The molecule has 0 amide bonds. The molecule has 3 atom stereocenters. The summed E-state index contributed by atoms with van der Waals surface area (Å²) in [7, 11) is -1.84. The van der Waals surface area contributed by atoms with Gasteiger partial charge in [-0.25, -0.2) is 0 Å². The van der Waals surface area contributed by atoms with Crippen LogP contribution < -0.4 is 15.6 Å². The highest BCUT2D eigenvalue weighted by Gasteiger charge is 2.23. The van der Waals surface area contributed by atoms with Gasteiger partial charge in [0.25, 0.3) is 0 Å². The van der Waals surface area contributed by atoms with E-state index < -0.39 is 17.6 Å². The van der Waals surface area contributed by atoms with Gasteiger partial charge in [-0.15, -0.1) is 0 Å². The number of epoxide rings is 2. The average molecular weight is 535 g/mol. The Kier molecular flexibility index (Phi) is 12.1. The van der Waals surface area contributed by atoms with Crippen molar-refractivity contribution < 1.29 is 18.9 Å². The smallest absolute Gasteiger partial charge is 0.104 e. The lowest BCUT2D eigenvalue weighted by molar-refractivity contribution is 0.117. The van der Waals surface area contributed by atoms with Crippen LogP contribution in [0.4, 0.5) is 0 Å². The van der Waals surface area contributed by atoms with E-state index in [0.717, 1.165) is 46.1 Å². The Morgan fingerprint density at radius 1 is 0.622 bits per heavy atom. The zero-order valence-electron chi connectivity index (χ0n) is 22.2. The lowest BCUT2D eigenvalue weighted by Crippen LogP contribution is -2.42. The molecule has 0 saturated carbocycles. The fourth-order valence-electron chi connectivity index (χ4n) is 4.48. The van der Waals surface area contributed by atoms with Gasteiger partial charge >= 0.3 is 0 Å². The van der Waals surface area contributed by atoms with Gasteiger partial charge in [-0.05, 0) is 18.9 Å². The minimum Gasteiger partial charge on any atom is -0.379 e. The molecule has 6 heteroatoms. The Labute approximate surface area is 226 Å². The Hall–Kier alpha value is -2.07. The second kappa shape index (κ2) is 16.0.